The van der Waals surface area contributed by atoms with Crippen molar-refractivity contribution in [2.24, 2.45) is 0 Å². The summed E-state index contributed by atoms with van der Waals surface area (Å²) in [6.07, 6.45) is 1.74. The molecule has 1 heterocycles. The van der Waals surface area contributed by atoms with E-state index in [4.69, 9.17) is 38.3 Å². The zero-order valence-corrected chi connectivity index (χ0v) is 20.9. The van der Waals surface area contributed by atoms with Crippen LogP contribution in [0.4, 0.5) is 11.6 Å². The second-order valence-electron chi connectivity index (χ2n) is 7.54. The van der Waals surface area contributed by atoms with E-state index in [1.165, 1.54) is 0 Å². The standard InChI is InChI=1S/C20H28ClN7O7S/c1-36(32,33)35-28(19(31)15-17(22)27-18(23)16(21)26-15)20(24)25-9-3-2-4-12-5-7-14(8-6-12)34-11-13(30)10-29/h5-8,13,29-30H,2-4,9-11H2,1H3,(H2,24,25)(H4,22,23,27). The molecule has 0 aliphatic heterocycles. The molecule has 0 radical (unpaired) electrons. The van der Waals surface area contributed by atoms with E-state index in [9.17, 15) is 18.3 Å². The van der Waals surface area contributed by atoms with Gasteiger partial charge in [-0.2, -0.15) is 8.42 Å². The molecule has 16 heteroatoms. The Hall–Kier alpha value is -3.24. The predicted molar refractivity (Wildman–Crippen MR) is 132 cm³/mol. The van der Waals surface area contributed by atoms with Crippen LogP contribution >= 0.6 is 11.6 Å². The van der Waals surface area contributed by atoms with Crippen molar-refractivity contribution < 1.29 is 32.4 Å². The van der Waals surface area contributed by atoms with Crippen molar-refractivity contribution in [1.82, 2.24) is 20.3 Å². The molecule has 1 aromatic heterocycles. The van der Waals surface area contributed by atoms with Crippen molar-refractivity contribution in [2.75, 3.05) is 37.5 Å². The smallest absolute Gasteiger partial charge is 0.308 e. The SMILES string of the molecule is CS(=O)(=O)ON(C(=N)NCCCCc1ccc(OCC(O)CO)cc1)C(=O)c1nc(Cl)c(N)nc1N. The molecular formula is C20H28ClN7O7S. The Kier molecular flexibility index (Phi) is 10.6. The summed E-state index contributed by atoms with van der Waals surface area (Å²) in [5, 5.41) is 28.7. The topological polar surface area (TPSA) is 227 Å². The van der Waals surface area contributed by atoms with Gasteiger partial charge < -0.3 is 31.7 Å². The number of carbonyl (C=O) groups is 1. The van der Waals surface area contributed by atoms with E-state index in [1.54, 1.807) is 12.1 Å². The molecular weight excluding hydrogens is 518 g/mol. The first-order valence-corrected chi connectivity index (χ1v) is 12.8. The molecule has 0 bridgehead atoms. The molecule has 198 valence electrons. The number of carbonyl (C=O) groups excluding carboxylic acids is 1. The number of nitrogens with two attached hydrogens (primary N) is 2. The molecule has 1 unspecified atom stereocenters. The molecule has 1 amide bonds. The van der Waals surface area contributed by atoms with E-state index in [-0.39, 0.29) is 35.8 Å². The second-order valence-corrected chi connectivity index (χ2v) is 9.45. The number of rotatable bonds is 12. The van der Waals surface area contributed by atoms with Gasteiger partial charge in [-0.1, -0.05) is 23.7 Å². The number of nitrogen functional groups attached to an aromatic ring is 2. The average molecular weight is 546 g/mol. The Morgan fingerprint density at radius 1 is 1.22 bits per heavy atom. The molecule has 0 saturated carbocycles. The Balaban J connectivity index is 1.91. The van der Waals surface area contributed by atoms with E-state index in [0.29, 0.717) is 31.3 Å². The maximum Gasteiger partial charge on any atom is 0.308 e. The quantitative estimate of drug-likeness (QED) is 0.0889. The molecule has 1 atom stereocenters. The van der Waals surface area contributed by atoms with E-state index in [2.05, 4.69) is 19.6 Å². The Labute approximate surface area is 212 Å². The molecule has 2 rings (SSSR count). The number of benzene rings is 1. The molecule has 0 fully saturated rings. The Morgan fingerprint density at radius 3 is 2.50 bits per heavy atom. The first kappa shape index (κ1) is 29.0. The van der Waals surface area contributed by atoms with Crippen LogP contribution < -0.4 is 21.5 Å². The van der Waals surface area contributed by atoms with Gasteiger partial charge in [0.05, 0.1) is 12.9 Å². The number of hydroxylamine groups is 2. The van der Waals surface area contributed by atoms with Gasteiger partial charge in [-0.05, 0) is 37.0 Å². The number of anilines is 2. The average Bonchev–Trinajstić information content (AvgIpc) is 2.82. The molecule has 14 nitrogen and oxygen atoms in total. The number of aliphatic hydroxyl groups excluding tert-OH is 2. The van der Waals surface area contributed by atoms with Gasteiger partial charge in [-0.25, -0.2) is 9.97 Å². The molecule has 36 heavy (non-hydrogen) atoms. The monoisotopic (exact) mass is 545 g/mol. The van der Waals surface area contributed by atoms with Crippen LogP contribution in [-0.4, -0.2) is 77.6 Å². The lowest BCUT2D eigenvalue weighted by Gasteiger charge is -2.21. The number of aromatic nitrogens is 2. The van der Waals surface area contributed by atoms with Crippen LogP contribution in [0.2, 0.25) is 5.15 Å². The molecule has 1 aromatic carbocycles. The molecule has 0 aliphatic rings. The molecule has 2 aromatic rings. The summed E-state index contributed by atoms with van der Waals surface area (Å²) in [4.78, 5) is 20.2. The van der Waals surface area contributed by atoms with Gasteiger partial charge in [0.15, 0.2) is 22.5 Å². The van der Waals surface area contributed by atoms with E-state index in [1.807, 2.05) is 12.1 Å². The maximum absolute atomic E-state index is 12.8. The largest absolute Gasteiger partial charge is 0.491 e. The lowest BCUT2D eigenvalue weighted by atomic mass is 10.1. The molecule has 0 aliphatic carbocycles. The van der Waals surface area contributed by atoms with Crippen molar-refractivity contribution in [3.05, 3.63) is 40.7 Å². The summed E-state index contributed by atoms with van der Waals surface area (Å²) < 4.78 is 33.3. The highest BCUT2D eigenvalue weighted by Gasteiger charge is 2.29. The third kappa shape index (κ3) is 9.09. The minimum atomic E-state index is -4.20. The number of halogens is 1. The maximum atomic E-state index is 12.8. The summed E-state index contributed by atoms with van der Waals surface area (Å²) in [5.41, 5.74) is 11.6. The van der Waals surface area contributed by atoms with Gasteiger partial charge in [-0.3, -0.25) is 10.2 Å². The summed E-state index contributed by atoms with van der Waals surface area (Å²) in [6, 6.07) is 7.22. The number of aryl methyl sites for hydroxylation is 1. The summed E-state index contributed by atoms with van der Waals surface area (Å²) in [5.74, 6) is -1.93. The fourth-order valence-electron chi connectivity index (χ4n) is 2.73. The second kappa shape index (κ2) is 13.2. The van der Waals surface area contributed by atoms with Gasteiger partial charge in [0.25, 0.3) is 10.1 Å². The third-order valence-corrected chi connectivity index (χ3v) is 5.16. The van der Waals surface area contributed by atoms with E-state index < -0.39 is 39.6 Å². The van der Waals surface area contributed by atoms with E-state index in [0.717, 1.165) is 5.56 Å². The van der Waals surface area contributed by atoms with Gasteiger partial charge >= 0.3 is 5.91 Å². The predicted octanol–water partition coefficient (Wildman–Crippen LogP) is -0.0929. The highest BCUT2D eigenvalue weighted by Crippen LogP contribution is 2.19. The molecule has 0 spiro atoms. The number of hydrogen-bond donors (Lipinski definition) is 6. The first-order valence-electron chi connectivity index (χ1n) is 10.6. The van der Waals surface area contributed by atoms with Gasteiger partial charge in [0, 0.05) is 6.54 Å². The fraction of sp³-hybridized carbons (Fsp3) is 0.400. The van der Waals surface area contributed by atoms with Crippen LogP contribution in [0.3, 0.4) is 0 Å². The van der Waals surface area contributed by atoms with Crippen LogP contribution in [0.1, 0.15) is 28.9 Å². The lowest BCUT2D eigenvalue weighted by Crippen LogP contribution is -2.46. The zero-order valence-electron chi connectivity index (χ0n) is 19.3. The minimum absolute atomic E-state index is 0.0133. The zero-order chi connectivity index (χ0) is 26.9. The number of aliphatic hydroxyl groups is 2. The normalized spacial score (nSPS) is 12.1. The number of amides is 1. The van der Waals surface area contributed by atoms with E-state index >= 15 is 0 Å². The third-order valence-electron chi connectivity index (χ3n) is 4.47. The van der Waals surface area contributed by atoms with Gasteiger partial charge in [0.2, 0.25) is 5.96 Å². The van der Waals surface area contributed by atoms with Crippen LogP contribution in [0.25, 0.3) is 0 Å². The summed E-state index contributed by atoms with van der Waals surface area (Å²) >= 11 is 5.78. The number of ether oxygens (including phenoxy) is 1. The van der Waals surface area contributed by atoms with Crippen molar-refractivity contribution in [2.45, 2.75) is 25.4 Å². The van der Waals surface area contributed by atoms with Gasteiger partial charge in [-0.15, -0.1) is 9.35 Å². The fourth-order valence-corrected chi connectivity index (χ4v) is 3.27. The van der Waals surface area contributed by atoms with Crippen LogP contribution in [-0.2, 0) is 20.8 Å². The highest BCUT2D eigenvalue weighted by atomic mass is 35.5. The van der Waals surface area contributed by atoms with Crippen molar-refractivity contribution in [1.29, 1.82) is 5.41 Å². The van der Waals surface area contributed by atoms with Crippen molar-refractivity contribution >= 4 is 45.2 Å². The lowest BCUT2D eigenvalue weighted by molar-refractivity contribution is 0.0181. The number of guanidine groups is 1. The number of unbranched alkanes of at least 4 members (excludes halogenated alkanes) is 1. The van der Waals surface area contributed by atoms with Gasteiger partial charge in [0.1, 0.15) is 18.5 Å². The van der Waals surface area contributed by atoms with Crippen LogP contribution in [0, 0.1) is 5.41 Å². The number of hydrogen-bond acceptors (Lipinski definition) is 12. The first-order chi connectivity index (χ1) is 16.9. The minimum Gasteiger partial charge on any atom is -0.491 e. The number of nitrogens with one attached hydrogen (secondary N) is 2. The molecule has 8 N–H and O–H groups in total. The Bertz CT molecular complexity index is 1170. The summed E-state index contributed by atoms with van der Waals surface area (Å²) in [7, 11) is -4.20. The number of nitrogens with zero attached hydrogens (tertiary/aromatic N) is 3. The Morgan fingerprint density at radius 2 is 1.89 bits per heavy atom. The van der Waals surface area contributed by atoms with Crippen molar-refractivity contribution in [3.63, 3.8) is 0 Å². The van der Waals surface area contributed by atoms with Crippen LogP contribution in [0.5, 0.6) is 5.75 Å². The highest BCUT2D eigenvalue weighted by molar-refractivity contribution is 7.85. The van der Waals surface area contributed by atoms with Crippen LogP contribution in [0.15, 0.2) is 24.3 Å². The molecule has 0 saturated heterocycles. The summed E-state index contributed by atoms with van der Waals surface area (Å²) in [6.45, 7) is -0.173. The van der Waals surface area contributed by atoms with Crippen molar-refractivity contribution in [3.8, 4) is 5.75 Å².